The van der Waals surface area contributed by atoms with E-state index >= 15 is 0 Å². The Kier molecular flexibility index (Phi) is 4.18. The van der Waals surface area contributed by atoms with Crippen LogP contribution in [-0.4, -0.2) is 10.8 Å². The van der Waals surface area contributed by atoms with Crippen LogP contribution in [0.4, 0.5) is 21.5 Å². The maximum Gasteiger partial charge on any atom is 0.292 e. The Morgan fingerprint density at radius 3 is 2.67 bits per heavy atom. The number of nitrogens with two attached hydrogens (primary N) is 1. The van der Waals surface area contributed by atoms with E-state index in [0.717, 1.165) is 18.2 Å². The number of nitrogens with one attached hydrogen (secondary N) is 1. The molecule has 8 heteroatoms. The van der Waals surface area contributed by atoms with E-state index in [0.29, 0.717) is 4.47 Å². The van der Waals surface area contributed by atoms with E-state index in [1.54, 1.807) is 6.07 Å². The average Bonchev–Trinajstić information content (AvgIpc) is 2.41. The minimum atomic E-state index is -0.709. The minimum Gasteiger partial charge on any atom is -0.398 e. The number of anilines is 2. The summed E-state index contributed by atoms with van der Waals surface area (Å²) in [5.41, 5.74) is 5.38. The molecule has 0 aliphatic heterocycles. The third-order valence-corrected chi connectivity index (χ3v) is 3.16. The number of amides is 1. The number of nitro benzene ring substituents is 1. The van der Waals surface area contributed by atoms with Crippen molar-refractivity contribution < 1.29 is 14.1 Å². The number of halogens is 2. The lowest BCUT2D eigenvalue weighted by atomic mass is 10.1. The number of carbonyl (C=O) groups is 1. The van der Waals surface area contributed by atoms with Crippen LogP contribution in [0.5, 0.6) is 0 Å². The topological polar surface area (TPSA) is 98.3 Å². The van der Waals surface area contributed by atoms with Gasteiger partial charge < -0.3 is 11.1 Å². The number of carbonyl (C=O) groups excluding carboxylic acids is 1. The van der Waals surface area contributed by atoms with Crippen LogP contribution in [0.1, 0.15) is 10.4 Å². The molecule has 0 atom stereocenters. The van der Waals surface area contributed by atoms with E-state index in [1.165, 1.54) is 12.1 Å². The van der Waals surface area contributed by atoms with Crippen molar-refractivity contribution in [2.75, 3.05) is 11.1 Å². The molecule has 0 aliphatic rings. The van der Waals surface area contributed by atoms with Crippen LogP contribution in [0.2, 0.25) is 0 Å². The van der Waals surface area contributed by atoms with E-state index in [4.69, 9.17) is 5.73 Å². The third-order valence-electron chi connectivity index (χ3n) is 2.66. The molecule has 0 unspecified atom stereocenters. The molecule has 2 rings (SSSR count). The molecule has 2 aromatic rings. The predicted octanol–water partition coefficient (Wildman–Crippen LogP) is 3.33. The lowest BCUT2D eigenvalue weighted by Crippen LogP contribution is -2.15. The highest BCUT2D eigenvalue weighted by molar-refractivity contribution is 9.10. The highest BCUT2D eigenvalue weighted by Crippen LogP contribution is 2.26. The van der Waals surface area contributed by atoms with E-state index < -0.39 is 22.3 Å². The second-order valence-electron chi connectivity index (χ2n) is 4.10. The lowest BCUT2D eigenvalue weighted by molar-refractivity contribution is -0.384. The molecular weight excluding hydrogens is 345 g/mol. The van der Waals surface area contributed by atoms with Gasteiger partial charge in [-0.3, -0.25) is 14.9 Å². The molecule has 1 amide bonds. The van der Waals surface area contributed by atoms with Crippen LogP contribution in [0, 0.1) is 15.9 Å². The number of nitrogens with zero attached hydrogens (tertiary/aromatic N) is 1. The Balaban J connectivity index is 2.38. The fourth-order valence-electron chi connectivity index (χ4n) is 1.68. The molecule has 0 fully saturated rings. The predicted molar refractivity (Wildman–Crippen MR) is 79.6 cm³/mol. The van der Waals surface area contributed by atoms with Crippen LogP contribution in [0.3, 0.4) is 0 Å². The fraction of sp³-hybridized carbons (Fsp3) is 0. The Hall–Kier alpha value is -2.48. The molecule has 108 valence electrons. The van der Waals surface area contributed by atoms with E-state index in [-0.39, 0.29) is 16.9 Å². The molecule has 2 aromatic carbocycles. The first-order valence-corrected chi connectivity index (χ1v) is 6.48. The zero-order valence-corrected chi connectivity index (χ0v) is 12.1. The number of rotatable bonds is 3. The summed E-state index contributed by atoms with van der Waals surface area (Å²) in [6, 6.07) is 7.44. The van der Waals surface area contributed by atoms with Gasteiger partial charge in [0, 0.05) is 22.3 Å². The van der Waals surface area contributed by atoms with Crippen LogP contribution in [-0.2, 0) is 0 Å². The molecule has 0 bridgehead atoms. The molecule has 3 N–H and O–H groups in total. The molecule has 0 heterocycles. The Labute approximate surface area is 127 Å². The first kappa shape index (κ1) is 14.9. The van der Waals surface area contributed by atoms with Gasteiger partial charge in [-0.15, -0.1) is 0 Å². The quantitative estimate of drug-likeness (QED) is 0.502. The van der Waals surface area contributed by atoms with Crippen molar-refractivity contribution in [1.82, 2.24) is 0 Å². The molecule has 0 spiro atoms. The van der Waals surface area contributed by atoms with Crippen molar-refractivity contribution >= 4 is 38.9 Å². The van der Waals surface area contributed by atoms with Crippen molar-refractivity contribution in [3.8, 4) is 0 Å². The van der Waals surface area contributed by atoms with Gasteiger partial charge in [-0.2, -0.15) is 0 Å². The highest BCUT2D eigenvalue weighted by atomic mass is 79.9. The summed E-state index contributed by atoms with van der Waals surface area (Å²) in [4.78, 5) is 22.3. The monoisotopic (exact) mass is 353 g/mol. The van der Waals surface area contributed by atoms with Crippen LogP contribution >= 0.6 is 15.9 Å². The average molecular weight is 354 g/mol. The maximum absolute atomic E-state index is 13.2. The molecule has 6 nitrogen and oxygen atoms in total. The third kappa shape index (κ3) is 3.34. The summed E-state index contributed by atoms with van der Waals surface area (Å²) in [5.74, 6) is -1.36. The van der Waals surface area contributed by atoms with Crippen molar-refractivity contribution in [2.24, 2.45) is 0 Å². The van der Waals surface area contributed by atoms with Gasteiger partial charge in [0.25, 0.3) is 11.6 Å². The summed E-state index contributed by atoms with van der Waals surface area (Å²) in [5, 5.41) is 13.2. The normalized spacial score (nSPS) is 10.2. The van der Waals surface area contributed by atoms with Gasteiger partial charge in [0.1, 0.15) is 11.5 Å². The lowest BCUT2D eigenvalue weighted by Gasteiger charge is -2.08. The van der Waals surface area contributed by atoms with Crippen molar-refractivity contribution in [1.29, 1.82) is 0 Å². The van der Waals surface area contributed by atoms with Crippen molar-refractivity contribution in [3.63, 3.8) is 0 Å². The van der Waals surface area contributed by atoms with Gasteiger partial charge in [-0.1, -0.05) is 15.9 Å². The van der Waals surface area contributed by atoms with Crippen LogP contribution in [0.25, 0.3) is 0 Å². The highest BCUT2D eigenvalue weighted by Gasteiger charge is 2.18. The second kappa shape index (κ2) is 5.88. The molecule has 0 aliphatic carbocycles. The van der Waals surface area contributed by atoms with E-state index in [2.05, 4.69) is 21.2 Å². The summed E-state index contributed by atoms with van der Waals surface area (Å²) >= 11 is 3.20. The molecule has 0 aromatic heterocycles. The number of hydrogen-bond acceptors (Lipinski definition) is 4. The minimum absolute atomic E-state index is 0.128. The molecular formula is C13H9BrFN3O3. The maximum atomic E-state index is 13.2. The summed E-state index contributed by atoms with van der Waals surface area (Å²) in [7, 11) is 0. The summed E-state index contributed by atoms with van der Waals surface area (Å²) in [6.45, 7) is 0. The molecule has 0 saturated carbocycles. The van der Waals surface area contributed by atoms with Crippen LogP contribution < -0.4 is 11.1 Å². The standard InChI is InChI=1S/C13H9BrFN3O3/c14-7-1-3-10(16)9(5-7)13(19)17-11-6-8(15)2-4-12(11)18(20)21/h1-6H,16H2,(H,17,19). The summed E-state index contributed by atoms with van der Waals surface area (Å²) in [6.07, 6.45) is 0. The van der Waals surface area contributed by atoms with E-state index in [1.807, 2.05) is 0 Å². The van der Waals surface area contributed by atoms with Gasteiger partial charge in [0.2, 0.25) is 0 Å². The van der Waals surface area contributed by atoms with Crippen molar-refractivity contribution in [3.05, 3.63) is 62.4 Å². The van der Waals surface area contributed by atoms with Gasteiger partial charge >= 0.3 is 0 Å². The smallest absolute Gasteiger partial charge is 0.292 e. The van der Waals surface area contributed by atoms with Gasteiger partial charge in [0.05, 0.1) is 10.5 Å². The van der Waals surface area contributed by atoms with E-state index in [9.17, 15) is 19.3 Å². The molecule has 21 heavy (non-hydrogen) atoms. The van der Waals surface area contributed by atoms with Gasteiger partial charge in [0.15, 0.2) is 0 Å². The SMILES string of the molecule is Nc1ccc(Br)cc1C(=O)Nc1cc(F)ccc1[N+](=O)[O-]. The largest absolute Gasteiger partial charge is 0.398 e. The Bertz CT molecular complexity index is 737. The number of nitro groups is 1. The number of nitrogen functional groups attached to an aromatic ring is 1. The zero-order chi connectivity index (χ0) is 15.6. The van der Waals surface area contributed by atoms with Gasteiger partial charge in [-0.05, 0) is 24.3 Å². The Morgan fingerprint density at radius 2 is 2.00 bits per heavy atom. The number of hydrogen-bond donors (Lipinski definition) is 2. The Morgan fingerprint density at radius 1 is 1.29 bits per heavy atom. The van der Waals surface area contributed by atoms with Gasteiger partial charge in [-0.25, -0.2) is 4.39 Å². The van der Waals surface area contributed by atoms with Crippen molar-refractivity contribution in [2.45, 2.75) is 0 Å². The first-order chi connectivity index (χ1) is 9.88. The van der Waals surface area contributed by atoms with Crippen LogP contribution in [0.15, 0.2) is 40.9 Å². The number of benzene rings is 2. The molecule has 0 saturated heterocycles. The first-order valence-electron chi connectivity index (χ1n) is 5.69. The summed E-state index contributed by atoms with van der Waals surface area (Å²) < 4.78 is 13.8. The zero-order valence-electron chi connectivity index (χ0n) is 10.5. The molecule has 0 radical (unpaired) electrons. The second-order valence-corrected chi connectivity index (χ2v) is 5.02. The fourth-order valence-corrected chi connectivity index (χ4v) is 2.04.